The summed E-state index contributed by atoms with van der Waals surface area (Å²) in [5.74, 6) is 2.05. The van der Waals surface area contributed by atoms with Gasteiger partial charge in [-0.1, -0.05) is 20.8 Å². The van der Waals surface area contributed by atoms with Gasteiger partial charge in [-0.05, 0) is 6.92 Å². The van der Waals surface area contributed by atoms with Crippen LogP contribution in [0.15, 0.2) is 6.20 Å². The van der Waals surface area contributed by atoms with Crippen LogP contribution >= 0.6 is 0 Å². The molecule has 1 fully saturated rings. The van der Waals surface area contributed by atoms with Crippen molar-refractivity contribution in [3.63, 3.8) is 0 Å². The molecule has 3 rings (SSSR count). The summed E-state index contributed by atoms with van der Waals surface area (Å²) in [6.45, 7) is 9.44. The second-order valence-corrected chi connectivity index (χ2v) is 6.79. The predicted octanol–water partition coefficient (Wildman–Crippen LogP) is 1.35. The number of nitrogens with zero attached hydrogens (tertiary/aromatic N) is 4. The summed E-state index contributed by atoms with van der Waals surface area (Å²) in [4.78, 5) is 25.8. The largest absolute Gasteiger partial charge is 0.367 e. The van der Waals surface area contributed by atoms with E-state index < -0.39 is 0 Å². The first kappa shape index (κ1) is 15.7. The number of imidazole rings is 1. The monoisotopic (exact) mass is 318 g/mol. The van der Waals surface area contributed by atoms with Crippen molar-refractivity contribution >= 4 is 5.91 Å². The van der Waals surface area contributed by atoms with E-state index in [2.05, 4.69) is 45.9 Å². The Labute approximate surface area is 134 Å². The van der Waals surface area contributed by atoms with Crippen LogP contribution in [0.25, 0.3) is 0 Å². The Balaban J connectivity index is 1.73. The summed E-state index contributed by atoms with van der Waals surface area (Å²) in [6.07, 6.45) is 1.27. The molecule has 3 heterocycles. The van der Waals surface area contributed by atoms with Crippen LogP contribution in [0.1, 0.15) is 54.8 Å². The number of hydrogen-bond acceptors (Lipinski definition) is 5. The molecule has 0 bridgehead atoms. The molecular weight excluding hydrogens is 296 g/mol. The van der Waals surface area contributed by atoms with Gasteiger partial charge in [0.15, 0.2) is 11.6 Å². The number of rotatable bonds is 2. The minimum atomic E-state index is -0.291. The zero-order valence-corrected chi connectivity index (χ0v) is 13.9. The minimum absolute atomic E-state index is 0.0746. The topological polar surface area (TPSA) is 99.8 Å². The maximum absolute atomic E-state index is 12.5. The summed E-state index contributed by atoms with van der Waals surface area (Å²) in [6, 6.07) is 0. The predicted molar refractivity (Wildman–Crippen MR) is 83.0 cm³/mol. The first-order valence-corrected chi connectivity index (χ1v) is 7.70. The molecule has 2 N–H and O–H groups in total. The lowest BCUT2D eigenvalue weighted by Crippen LogP contribution is -2.42. The van der Waals surface area contributed by atoms with Crippen molar-refractivity contribution in [3.05, 3.63) is 29.4 Å². The molecule has 0 unspecified atom stereocenters. The van der Waals surface area contributed by atoms with Crippen molar-refractivity contribution in [1.82, 2.24) is 30.0 Å². The lowest BCUT2D eigenvalue weighted by atomic mass is 9.96. The number of nitrogens with one attached hydrogen (secondary N) is 2. The van der Waals surface area contributed by atoms with E-state index in [-0.39, 0.29) is 17.4 Å². The van der Waals surface area contributed by atoms with E-state index >= 15 is 0 Å². The Kier molecular flexibility index (Phi) is 3.93. The summed E-state index contributed by atoms with van der Waals surface area (Å²) >= 11 is 0. The Hall–Kier alpha value is -2.22. The molecule has 1 atom stereocenters. The van der Waals surface area contributed by atoms with Gasteiger partial charge in [0.2, 0.25) is 0 Å². The van der Waals surface area contributed by atoms with Gasteiger partial charge in [0.25, 0.3) is 5.91 Å². The van der Waals surface area contributed by atoms with E-state index in [4.69, 9.17) is 4.74 Å². The quantitative estimate of drug-likeness (QED) is 0.870. The highest BCUT2D eigenvalue weighted by Gasteiger charge is 2.30. The number of morpholine rings is 1. The van der Waals surface area contributed by atoms with Crippen LogP contribution in [0, 0.1) is 6.92 Å². The summed E-state index contributed by atoms with van der Waals surface area (Å²) in [7, 11) is 0. The highest BCUT2D eigenvalue weighted by molar-refractivity contribution is 5.92. The van der Waals surface area contributed by atoms with Crippen LogP contribution in [-0.4, -0.2) is 55.7 Å². The van der Waals surface area contributed by atoms with E-state index in [0.717, 1.165) is 11.6 Å². The van der Waals surface area contributed by atoms with Crippen LogP contribution in [0.2, 0.25) is 0 Å². The van der Waals surface area contributed by atoms with Gasteiger partial charge in [-0.15, -0.1) is 0 Å². The maximum Gasteiger partial charge on any atom is 0.272 e. The van der Waals surface area contributed by atoms with E-state index in [1.54, 1.807) is 11.1 Å². The number of aromatic nitrogens is 5. The summed E-state index contributed by atoms with van der Waals surface area (Å²) in [5, 5.41) is 7.20. The van der Waals surface area contributed by atoms with Gasteiger partial charge >= 0.3 is 0 Å². The van der Waals surface area contributed by atoms with Gasteiger partial charge in [0, 0.05) is 12.0 Å². The van der Waals surface area contributed by atoms with Crippen LogP contribution < -0.4 is 0 Å². The van der Waals surface area contributed by atoms with Crippen molar-refractivity contribution in [2.45, 2.75) is 39.2 Å². The molecule has 0 saturated carbocycles. The SMILES string of the molecule is Cc1ncc(C(=O)N2CCO[C@H](c3nc(C(C)(C)C)n[nH]3)C2)[nH]1. The zero-order valence-electron chi connectivity index (χ0n) is 13.9. The van der Waals surface area contributed by atoms with E-state index in [1.807, 2.05) is 6.92 Å². The van der Waals surface area contributed by atoms with E-state index in [1.165, 1.54) is 0 Å². The first-order chi connectivity index (χ1) is 10.8. The number of aryl methyl sites for hydroxylation is 1. The second kappa shape index (κ2) is 5.77. The van der Waals surface area contributed by atoms with Crippen molar-refractivity contribution in [3.8, 4) is 0 Å². The van der Waals surface area contributed by atoms with Gasteiger partial charge in [-0.2, -0.15) is 5.10 Å². The molecule has 124 valence electrons. The highest BCUT2D eigenvalue weighted by atomic mass is 16.5. The number of carbonyl (C=O) groups is 1. The van der Waals surface area contributed by atoms with Crippen LogP contribution in [0.3, 0.4) is 0 Å². The maximum atomic E-state index is 12.5. The first-order valence-electron chi connectivity index (χ1n) is 7.70. The second-order valence-electron chi connectivity index (χ2n) is 6.79. The molecule has 0 aromatic carbocycles. The smallest absolute Gasteiger partial charge is 0.272 e. The Morgan fingerprint density at radius 1 is 1.43 bits per heavy atom. The van der Waals surface area contributed by atoms with Crippen LogP contribution in [-0.2, 0) is 10.2 Å². The molecule has 2 aromatic heterocycles. The molecule has 8 heteroatoms. The average molecular weight is 318 g/mol. The fourth-order valence-corrected chi connectivity index (χ4v) is 2.45. The molecular formula is C15H22N6O2. The molecule has 1 amide bonds. The van der Waals surface area contributed by atoms with Gasteiger partial charge < -0.3 is 14.6 Å². The molecule has 2 aromatic rings. The molecule has 1 aliphatic heterocycles. The Morgan fingerprint density at radius 2 is 2.22 bits per heavy atom. The molecule has 1 aliphatic rings. The summed E-state index contributed by atoms with van der Waals surface area (Å²) in [5.41, 5.74) is 0.364. The van der Waals surface area contributed by atoms with Gasteiger partial charge in [-0.25, -0.2) is 9.97 Å². The number of H-pyrrole nitrogens is 2. The molecule has 23 heavy (non-hydrogen) atoms. The molecule has 0 radical (unpaired) electrons. The normalized spacial score (nSPS) is 19.1. The fourth-order valence-electron chi connectivity index (χ4n) is 2.45. The lowest BCUT2D eigenvalue weighted by Gasteiger charge is -2.31. The Morgan fingerprint density at radius 3 is 2.83 bits per heavy atom. The number of carbonyl (C=O) groups excluding carboxylic acids is 1. The fraction of sp³-hybridized carbons (Fsp3) is 0.600. The van der Waals surface area contributed by atoms with Gasteiger partial charge in [0.1, 0.15) is 17.6 Å². The highest BCUT2D eigenvalue weighted by Crippen LogP contribution is 2.23. The van der Waals surface area contributed by atoms with E-state index in [0.29, 0.717) is 31.2 Å². The third-order valence-corrected chi connectivity index (χ3v) is 3.77. The standard InChI is InChI=1S/C15H22N6O2/c1-9-16-7-10(17-9)13(22)21-5-6-23-11(8-21)12-18-14(20-19-12)15(2,3)4/h7,11H,5-6,8H2,1-4H3,(H,16,17)(H,18,19,20)/t11-/m0/s1. The number of hydrogen-bond donors (Lipinski definition) is 2. The van der Waals surface area contributed by atoms with Crippen molar-refractivity contribution in [2.75, 3.05) is 19.7 Å². The van der Waals surface area contributed by atoms with Crippen molar-refractivity contribution < 1.29 is 9.53 Å². The van der Waals surface area contributed by atoms with E-state index in [9.17, 15) is 4.79 Å². The molecule has 1 saturated heterocycles. The van der Waals surface area contributed by atoms with Gasteiger partial charge in [0.05, 0.1) is 19.3 Å². The molecule has 0 spiro atoms. The Bertz CT molecular complexity index is 699. The zero-order chi connectivity index (χ0) is 16.6. The van der Waals surface area contributed by atoms with Crippen molar-refractivity contribution in [1.29, 1.82) is 0 Å². The van der Waals surface area contributed by atoms with Crippen molar-refractivity contribution in [2.24, 2.45) is 0 Å². The molecule has 8 nitrogen and oxygen atoms in total. The summed E-state index contributed by atoms with van der Waals surface area (Å²) < 4.78 is 5.76. The average Bonchev–Trinajstić information content (AvgIpc) is 3.15. The number of ether oxygens (including phenoxy) is 1. The van der Waals surface area contributed by atoms with Gasteiger partial charge in [-0.3, -0.25) is 9.89 Å². The number of aromatic amines is 2. The third kappa shape index (κ3) is 3.26. The minimum Gasteiger partial charge on any atom is -0.367 e. The number of amides is 1. The lowest BCUT2D eigenvalue weighted by molar-refractivity contribution is -0.0268. The van der Waals surface area contributed by atoms with Crippen LogP contribution in [0.4, 0.5) is 0 Å². The molecule has 0 aliphatic carbocycles. The third-order valence-electron chi connectivity index (χ3n) is 3.77. The van der Waals surface area contributed by atoms with Crippen LogP contribution in [0.5, 0.6) is 0 Å².